The molecule has 0 amide bonds. The molecule has 0 saturated heterocycles. The second-order valence-corrected chi connectivity index (χ2v) is 5.05. The lowest BCUT2D eigenvalue weighted by molar-refractivity contribution is 0.628. The van der Waals surface area contributed by atoms with Crippen molar-refractivity contribution in [1.82, 2.24) is 0 Å². The Bertz CT molecular complexity index is 646. The summed E-state index contributed by atoms with van der Waals surface area (Å²) < 4.78 is 13.2. The van der Waals surface area contributed by atoms with Crippen molar-refractivity contribution >= 4 is 34.2 Å². The molecule has 0 fully saturated rings. The fraction of sp³-hybridized carbons (Fsp3) is 0.154. The highest BCUT2D eigenvalue weighted by atomic mass is 32.1. The molecule has 0 spiro atoms. The molecule has 1 aliphatic heterocycles. The average Bonchev–Trinajstić information content (AvgIpc) is 2.69. The summed E-state index contributed by atoms with van der Waals surface area (Å²) in [6, 6.07) is 4.48. The zero-order chi connectivity index (χ0) is 12.7. The van der Waals surface area contributed by atoms with Gasteiger partial charge in [-0.2, -0.15) is 0 Å². The van der Waals surface area contributed by atoms with Crippen LogP contribution in [0.25, 0.3) is 0 Å². The third-order valence-electron chi connectivity index (χ3n) is 2.91. The summed E-state index contributed by atoms with van der Waals surface area (Å²) in [5.41, 5.74) is 9.23. The highest BCUT2D eigenvalue weighted by Crippen LogP contribution is 2.37. The summed E-state index contributed by atoms with van der Waals surface area (Å²) in [6.45, 7) is 2.08. The van der Waals surface area contributed by atoms with Crippen LogP contribution in [0, 0.1) is 5.82 Å². The van der Waals surface area contributed by atoms with Crippen LogP contribution in [0.2, 0.25) is 0 Å². The molecule has 18 heavy (non-hydrogen) atoms. The summed E-state index contributed by atoms with van der Waals surface area (Å²) in [5, 5.41) is 5.29. The Kier molecular flexibility index (Phi) is 2.56. The van der Waals surface area contributed by atoms with Crippen LogP contribution in [0.15, 0.2) is 28.6 Å². The first-order chi connectivity index (χ1) is 8.69. The van der Waals surface area contributed by atoms with E-state index in [9.17, 15) is 4.39 Å². The smallest absolute Gasteiger partial charge is 0.134 e. The van der Waals surface area contributed by atoms with Crippen LogP contribution in [-0.2, 0) is 6.42 Å². The van der Waals surface area contributed by atoms with Crippen molar-refractivity contribution in [2.75, 3.05) is 5.32 Å². The first-order valence-corrected chi connectivity index (χ1v) is 6.58. The lowest BCUT2D eigenvalue weighted by Crippen LogP contribution is -2.14. The molecule has 1 aromatic heterocycles. The van der Waals surface area contributed by atoms with Crippen molar-refractivity contribution in [1.29, 1.82) is 0 Å². The minimum absolute atomic E-state index is 0.313. The fourth-order valence-corrected chi connectivity index (χ4v) is 3.00. The van der Waals surface area contributed by atoms with Gasteiger partial charge in [0.1, 0.15) is 11.7 Å². The Morgan fingerprint density at radius 2 is 2.22 bits per heavy atom. The Balaban J connectivity index is 2.21. The molecule has 3 nitrogen and oxygen atoms in total. The molecule has 3 rings (SSSR count). The second kappa shape index (κ2) is 4.10. The van der Waals surface area contributed by atoms with E-state index in [1.54, 1.807) is 17.4 Å². The number of aryl methyl sites for hydroxylation is 1. The van der Waals surface area contributed by atoms with Gasteiger partial charge in [0, 0.05) is 16.3 Å². The molecule has 2 aromatic rings. The molecule has 1 aromatic carbocycles. The number of amidine groups is 1. The number of nitrogens with two attached hydrogens (primary N) is 1. The summed E-state index contributed by atoms with van der Waals surface area (Å²) >= 11 is 1.66. The predicted molar refractivity (Wildman–Crippen MR) is 73.8 cm³/mol. The van der Waals surface area contributed by atoms with Crippen molar-refractivity contribution in [2.24, 2.45) is 10.7 Å². The number of fused-ring (bicyclic) bond motifs is 2. The maximum atomic E-state index is 13.2. The largest absolute Gasteiger partial charge is 0.383 e. The van der Waals surface area contributed by atoms with Crippen LogP contribution >= 0.6 is 11.3 Å². The van der Waals surface area contributed by atoms with E-state index in [1.165, 1.54) is 17.0 Å². The first kappa shape index (κ1) is 11.2. The number of benzene rings is 1. The molecule has 0 saturated carbocycles. The van der Waals surface area contributed by atoms with E-state index >= 15 is 0 Å². The van der Waals surface area contributed by atoms with Gasteiger partial charge in [0.15, 0.2) is 0 Å². The van der Waals surface area contributed by atoms with E-state index in [4.69, 9.17) is 5.73 Å². The van der Waals surface area contributed by atoms with Crippen LogP contribution in [0.5, 0.6) is 0 Å². The number of rotatable bonds is 1. The van der Waals surface area contributed by atoms with E-state index < -0.39 is 0 Å². The van der Waals surface area contributed by atoms with Crippen molar-refractivity contribution in [2.45, 2.75) is 13.3 Å². The SMILES string of the molecule is CCc1scc2c1C(N)=Nc1cc(F)ccc1N2. The van der Waals surface area contributed by atoms with Crippen LogP contribution < -0.4 is 11.1 Å². The topological polar surface area (TPSA) is 50.4 Å². The summed E-state index contributed by atoms with van der Waals surface area (Å²) in [4.78, 5) is 5.51. The Hall–Kier alpha value is -1.88. The number of anilines is 2. The van der Waals surface area contributed by atoms with E-state index in [-0.39, 0.29) is 5.82 Å². The van der Waals surface area contributed by atoms with Gasteiger partial charge in [0.25, 0.3) is 0 Å². The Labute approximate surface area is 108 Å². The minimum atomic E-state index is -0.313. The summed E-state index contributed by atoms with van der Waals surface area (Å²) in [5.74, 6) is 0.132. The molecule has 2 heterocycles. The highest BCUT2D eigenvalue weighted by molar-refractivity contribution is 7.10. The average molecular weight is 261 g/mol. The fourth-order valence-electron chi connectivity index (χ4n) is 2.06. The normalized spacial score (nSPS) is 13.1. The molecule has 0 radical (unpaired) electrons. The van der Waals surface area contributed by atoms with Crippen molar-refractivity contribution in [3.05, 3.63) is 39.8 Å². The lowest BCUT2D eigenvalue weighted by Gasteiger charge is -2.05. The van der Waals surface area contributed by atoms with Crippen molar-refractivity contribution in [3.63, 3.8) is 0 Å². The summed E-state index contributed by atoms with van der Waals surface area (Å²) in [6.07, 6.45) is 0.905. The van der Waals surface area contributed by atoms with E-state index in [1.807, 2.05) is 5.38 Å². The molecule has 0 bridgehead atoms. The Morgan fingerprint density at radius 3 is 3.00 bits per heavy atom. The van der Waals surface area contributed by atoms with Gasteiger partial charge in [-0.15, -0.1) is 11.3 Å². The number of hydrogen-bond donors (Lipinski definition) is 2. The van der Waals surface area contributed by atoms with Crippen LogP contribution in [-0.4, -0.2) is 5.84 Å². The molecule has 5 heteroatoms. The molecule has 0 atom stereocenters. The molecular weight excluding hydrogens is 249 g/mol. The minimum Gasteiger partial charge on any atom is -0.383 e. The van der Waals surface area contributed by atoms with Gasteiger partial charge in [-0.1, -0.05) is 6.92 Å². The van der Waals surface area contributed by atoms with Crippen molar-refractivity contribution in [3.8, 4) is 0 Å². The molecule has 0 unspecified atom stereocenters. The van der Waals surface area contributed by atoms with Crippen LogP contribution in [0.3, 0.4) is 0 Å². The Morgan fingerprint density at radius 1 is 1.39 bits per heavy atom. The maximum absolute atomic E-state index is 13.2. The van der Waals surface area contributed by atoms with Gasteiger partial charge >= 0.3 is 0 Å². The van der Waals surface area contributed by atoms with Gasteiger partial charge in [0.2, 0.25) is 0 Å². The molecule has 1 aliphatic rings. The number of aliphatic imine (C=N–C) groups is 1. The molecule has 0 aliphatic carbocycles. The molecular formula is C13H12FN3S. The predicted octanol–water partition coefficient (Wildman–Crippen LogP) is 3.54. The van der Waals surface area contributed by atoms with Crippen LogP contribution in [0.1, 0.15) is 17.4 Å². The molecule has 3 N–H and O–H groups in total. The lowest BCUT2D eigenvalue weighted by atomic mass is 10.2. The third-order valence-corrected chi connectivity index (χ3v) is 4.05. The quantitative estimate of drug-likeness (QED) is 0.824. The number of halogens is 1. The second-order valence-electron chi connectivity index (χ2n) is 4.08. The highest BCUT2D eigenvalue weighted by Gasteiger charge is 2.19. The van der Waals surface area contributed by atoms with Gasteiger partial charge in [-0.05, 0) is 18.6 Å². The van der Waals surface area contributed by atoms with E-state index in [2.05, 4.69) is 17.2 Å². The number of nitrogens with one attached hydrogen (secondary N) is 1. The standard InChI is InChI=1S/C13H12FN3S/c1-2-11-12-10(6-18-11)16-8-4-3-7(14)5-9(8)17-13(12)15/h3-6,16H,2H2,1H3,(H2,15,17). The zero-order valence-corrected chi connectivity index (χ0v) is 10.6. The number of hydrogen-bond acceptors (Lipinski definition) is 4. The van der Waals surface area contributed by atoms with Crippen LogP contribution in [0.4, 0.5) is 21.5 Å². The van der Waals surface area contributed by atoms with Gasteiger partial charge in [-0.25, -0.2) is 9.38 Å². The van der Waals surface area contributed by atoms with Gasteiger partial charge in [0.05, 0.1) is 22.6 Å². The maximum Gasteiger partial charge on any atom is 0.134 e. The first-order valence-electron chi connectivity index (χ1n) is 5.70. The monoisotopic (exact) mass is 261 g/mol. The van der Waals surface area contributed by atoms with E-state index in [0.29, 0.717) is 11.5 Å². The van der Waals surface area contributed by atoms with E-state index in [0.717, 1.165) is 23.4 Å². The summed E-state index contributed by atoms with van der Waals surface area (Å²) in [7, 11) is 0. The number of nitrogens with zero attached hydrogens (tertiary/aromatic N) is 1. The molecule has 92 valence electrons. The van der Waals surface area contributed by atoms with Crippen molar-refractivity contribution < 1.29 is 4.39 Å². The van der Waals surface area contributed by atoms with Gasteiger partial charge in [-0.3, -0.25) is 0 Å². The number of thiophene rings is 1. The third kappa shape index (κ3) is 1.67. The van der Waals surface area contributed by atoms with Gasteiger partial charge < -0.3 is 11.1 Å². The zero-order valence-electron chi connectivity index (χ0n) is 9.83.